The molecule has 31 heavy (non-hydrogen) atoms. The molecule has 1 N–H and O–H groups in total. The van der Waals surface area contributed by atoms with E-state index in [0.29, 0.717) is 25.3 Å². The number of fused-ring (bicyclic) bond motifs is 1. The molecule has 1 aliphatic heterocycles. The van der Waals surface area contributed by atoms with E-state index >= 15 is 0 Å². The van der Waals surface area contributed by atoms with Gasteiger partial charge < -0.3 is 14.8 Å². The second-order valence-electron chi connectivity index (χ2n) is 7.86. The van der Waals surface area contributed by atoms with Gasteiger partial charge in [0.25, 0.3) is 5.91 Å². The molecule has 0 unspecified atom stereocenters. The van der Waals surface area contributed by atoms with E-state index in [1.54, 1.807) is 31.3 Å². The lowest BCUT2D eigenvalue weighted by Crippen LogP contribution is -2.36. The lowest BCUT2D eigenvalue weighted by molar-refractivity contribution is -0.130. The van der Waals surface area contributed by atoms with Crippen molar-refractivity contribution in [1.29, 1.82) is 0 Å². The first kappa shape index (κ1) is 20.6. The SMILES string of the molecule is CN(C)C(=O)c1cc2ccc(C3=CCCN(C(=O)CCn4cccnc4=O)C3)cc2[nH]1. The molecule has 8 heteroatoms. The van der Waals surface area contributed by atoms with Crippen LogP contribution in [-0.4, -0.2) is 63.3 Å². The highest BCUT2D eigenvalue weighted by Crippen LogP contribution is 2.25. The number of aromatic nitrogens is 3. The first-order chi connectivity index (χ1) is 14.9. The van der Waals surface area contributed by atoms with E-state index in [9.17, 15) is 14.4 Å². The van der Waals surface area contributed by atoms with Crippen molar-refractivity contribution in [2.45, 2.75) is 19.4 Å². The standard InChI is InChI=1S/C23H25N5O3/c1-26(2)22(30)20-14-17-7-6-16(13-19(17)25-20)18-5-3-10-28(15-18)21(29)8-12-27-11-4-9-24-23(27)31/h4-7,9,11,13-14,25H,3,8,10,12,15H2,1-2H3. The van der Waals surface area contributed by atoms with Gasteiger partial charge in [0.05, 0.1) is 0 Å². The molecular weight excluding hydrogens is 394 g/mol. The monoisotopic (exact) mass is 419 g/mol. The highest BCUT2D eigenvalue weighted by atomic mass is 16.2. The number of aryl methyl sites for hydroxylation is 1. The fraction of sp³-hybridized carbons (Fsp3) is 0.304. The maximum Gasteiger partial charge on any atom is 0.347 e. The van der Waals surface area contributed by atoms with Crippen LogP contribution in [0.1, 0.15) is 28.9 Å². The molecule has 1 aromatic carbocycles. The molecule has 3 heterocycles. The van der Waals surface area contributed by atoms with E-state index in [0.717, 1.165) is 28.5 Å². The van der Waals surface area contributed by atoms with Crippen molar-refractivity contribution < 1.29 is 9.59 Å². The number of rotatable bonds is 5. The van der Waals surface area contributed by atoms with E-state index in [1.165, 1.54) is 10.8 Å². The predicted octanol–water partition coefficient (Wildman–Crippen LogP) is 2.13. The van der Waals surface area contributed by atoms with Crippen molar-refractivity contribution >= 4 is 28.3 Å². The van der Waals surface area contributed by atoms with E-state index in [2.05, 4.69) is 16.0 Å². The Morgan fingerprint density at radius 1 is 1.23 bits per heavy atom. The lowest BCUT2D eigenvalue weighted by atomic mass is 10.00. The molecule has 0 fully saturated rings. The molecule has 2 aromatic heterocycles. The largest absolute Gasteiger partial charge is 0.351 e. The quantitative estimate of drug-likeness (QED) is 0.686. The smallest absolute Gasteiger partial charge is 0.347 e. The van der Waals surface area contributed by atoms with Crippen LogP contribution in [0.15, 0.2) is 53.6 Å². The maximum atomic E-state index is 12.7. The molecule has 1 aliphatic rings. The number of nitrogens with one attached hydrogen (secondary N) is 1. The molecule has 0 radical (unpaired) electrons. The van der Waals surface area contributed by atoms with Crippen LogP contribution >= 0.6 is 0 Å². The van der Waals surface area contributed by atoms with Crippen molar-refractivity contribution in [3.05, 3.63) is 70.5 Å². The van der Waals surface area contributed by atoms with Crippen LogP contribution in [0.3, 0.4) is 0 Å². The van der Waals surface area contributed by atoms with Crippen LogP contribution in [0.25, 0.3) is 16.5 Å². The molecule has 0 aliphatic carbocycles. The van der Waals surface area contributed by atoms with Gasteiger partial charge in [-0.1, -0.05) is 18.2 Å². The van der Waals surface area contributed by atoms with Gasteiger partial charge >= 0.3 is 5.69 Å². The highest BCUT2D eigenvalue weighted by Gasteiger charge is 2.20. The normalized spacial score (nSPS) is 13.9. The Hall–Kier alpha value is -3.68. The molecular formula is C23H25N5O3. The van der Waals surface area contributed by atoms with Crippen molar-refractivity contribution in [2.75, 3.05) is 27.2 Å². The van der Waals surface area contributed by atoms with Crippen LogP contribution in [-0.2, 0) is 11.3 Å². The summed E-state index contributed by atoms with van der Waals surface area (Å²) in [6.07, 6.45) is 6.28. The number of hydrogen-bond donors (Lipinski definition) is 1. The van der Waals surface area contributed by atoms with Crippen LogP contribution in [0, 0.1) is 0 Å². The maximum absolute atomic E-state index is 12.7. The van der Waals surface area contributed by atoms with Gasteiger partial charge in [-0.05, 0) is 35.8 Å². The van der Waals surface area contributed by atoms with Crippen LogP contribution < -0.4 is 5.69 Å². The summed E-state index contributed by atoms with van der Waals surface area (Å²) in [6.45, 7) is 1.51. The van der Waals surface area contributed by atoms with Crippen LogP contribution in [0.5, 0.6) is 0 Å². The summed E-state index contributed by atoms with van der Waals surface area (Å²) in [5, 5.41) is 0.972. The summed E-state index contributed by atoms with van der Waals surface area (Å²) in [7, 11) is 3.45. The van der Waals surface area contributed by atoms with Gasteiger partial charge in [0.15, 0.2) is 0 Å². The average Bonchev–Trinajstić information content (AvgIpc) is 3.21. The predicted molar refractivity (Wildman–Crippen MR) is 119 cm³/mol. The minimum Gasteiger partial charge on any atom is -0.351 e. The first-order valence-electron chi connectivity index (χ1n) is 10.3. The topological polar surface area (TPSA) is 91.3 Å². The molecule has 0 bridgehead atoms. The summed E-state index contributed by atoms with van der Waals surface area (Å²) < 4.78 is 1.45. The Morgan fingerprint density at radius 2 is 2.06 bits per heavy atom. The second-order valence-corrected chi connectivity index (χ2v) is 7.86. The fourth-order valence-corrected chi connectivity index (χ4v) is 3.78. The molecule has 4 rings (SSSR count). The Kier molecular flexibility index (Phi) is 5.70. The third-order valence-electron chi connectivity index (χ3n) is 5.48. The number of hydrogen-bond acceptors (Lipinski definition) is 4. The summed E-state index contributed by atoms with van der Waals surface area (Å²) in [5.74, 6) is -0.0553. The number of amides is 2. The summed E-state index contributed by atoms with van der Waals surface area (Å²) in [5.41, 5.74) is 3.20. The van der Waals surface area contributed by atoms with Crippen LogP contribution in [0.2, 0.25) is 0 Å². The fourth-order valence-electron chi connectivity index (χ4n) is 3.78. The number of carbonyl (C=O) groups is 2. The zero-order valence-corrected chi connectivity index (χ0v) is 17.7. The Labute approximate surface area is 179 Å². The van der Waals surface area contributed by atoms with E-state index in [1.807, 2.05) is 29.2 Å². The van der Waals surface area contributed by atoms with Gasteiger partial charge in [0, 0.05) is 63.4 Å². The van der Waals surface area contributed by atoms with Crippen molar-refractivity contribution in [3.63, 3.8) is 0 Å². The molecule has 0 saturated carbocycles. The third-order valence-corrected chi connectivity index (χ3v) is 5.48. The van der Waals surface area contributed by atoms with Crippen molar-refractivity contribution in [1.82, 2.24) is 24.3 Å². The van der Waals surface area contributed by atoms with Gasteiger partial charge in [0.2, 0.25) is 5.91 Å². The van der Waals surface area contributed by atoms with Gasteiger partial charge in [-0.25, -0.2) is 9.78 Å². The highest BCUT2D eigenvalue weighted by molar-refractivity contribution is 5.98. The number of H-pyrrole nitrogens is 1. The van der Waals surface area contributed by atoms with Gasteiger partial charge in [-0.2, -0.15) is 0 Å². The molecule has 2 amide bonds. The molecule has 0 spiro atoms. The number of nitrogens with zero attached hydrogens (tertiary/aromatic N) is 4. The molecule has 8 nitrogen and oxygen atoms in total. The molecule has 0 atom stereocenters. The first-order valence-corrected chi connectivity index (χ1v) is 10.3. The Morgan fingerprint density at radius 3 is 2.84 bits per heavy atom. The summed E-state index contributed by atoms with van der Waals surface area (Å²) in [4.78, 5) is 47.0. The van der Waals surface area contributed by atoms with Crippen molar-refractivity contribution in [2.24, 2.45) is 0 Å². The number of benzene rings is 1. The Balaban J connectivity index is 1.46. The lowest BCUT2D eigenvalue weighted by Gasteiger charge is -2.28. The van der Waals surface area contributed by atoms with E-state index in [-0.39, 0.29) is 23.9 Å². The summed E-state index contributed by atoms with van der Waals surface area (Å²) >= 11 is 0. The molecule has 160 valence electrons. The van der Waals surface area contributed by atoms with Gasteiger partial charge in [0.1, 0.15) is 5.69 Å². The van der Waals surface area contributed by atoms with Gasteiger partial charge in [-0.3, -0.25) is 14.2 Å². The zero-order chi connectivity index (χ0) is 22.0. The van der Waals surface area contributed by atoms with Crippen LogP contribution in [0.4, 0.5) is 0 Å². The van der Waals surface area contributed by atoms with E-state index < -0.39 is 0 Å². The molecule has 3 aromatic rings. The molecule has 0 saturated heterocycles. The minimum absolute atomic E-state index is 0.0150. The minimum atomic E-state index is -0.346. The number of carbonyl (C=O) groups excluding carboxylic acids is 2. The van der Waals surface area contributed by atoms with E-state index in [4.69, 9.17) is 0 Å². The Bertz CT molecular complexity index is 1220. The third kappa shape index (κ3) is 4.42. The number of aromatic amines is 1. The van der Waals surface area contributed by atoms with Gasteiger partial charge in [-0.15, -0.1) is 0 Å². The average molecular weight is 419 g/mol. The van der Waals surface area contributed by atoms with Crippen molar-refractivity contribution in [3.8, 4) is 0 Å². The zero-order valence-electron chi connectivity index (χ0n) is 17.7. The second kappa shape index (κ2) is 8.59. The summed E-state index contributed by atoms with van der Waals surface area (Å²) in [6, 6.07) is 9.57.